The van der Waals surface area contributed by atoms with Crippen molar-refractivity contribution >= 4 is 35.2 Å². The lowest BCUT2D eigenvalue weighted by atomic mass is 9.66. The summed E-state index contributed by atoms with van der Waals surface area (Å²) in [5.41, 5.74) is 0.667. The zero-order valence-electron chi connectivity index (χ0n) is 22.5. The fourth-order valence-electron chi connectivity index (χ4n) is 7.31. The summed E-state index contributed by atoms with van der Waals surface area (Å²) in [7, 11) is 0. The summed E-state index contributed by atoms with van der Waals surface area (Å²) in [4.78, 5) is 43.5. The molecule has 9 heteroatoms. The van der Waals surface area contributed by atoms with Crippen LogP contribution in [0.25, 0.3) is 0 Å². The van der Waals surface area contributed by atoms with Gasteiger partial charge in [-0.05, 0) is 76.6 Å². The lowest BCUT2D eigenvalue weighted by molar-refractivity contribution is -0.139. The van der Waals surface area contributed by atoms with Crippen LogP contribution in [0.4, 0.5) is 5.69 Å². The molecular weight excluding hydrogens is 502 g/mol. The van der Waals surface area contributed by atoms with Gasteiger partial charge < -0.3 is 25.4 Å². The maximum atomic E-state index is 14.1. The molecule has 5 rings (SSSR count). The highest BCUT2D eigenvalue weighted by molar-refractivity contribution is 8.02. The third kappa shape index (κ3) is 4.81. The first-order valence-corrected chi connectivity index (χ1v) is 15.1. The van der Waals surface area contributed by atoms with Gasteiger partial charge in [0, 0.05) is 29.6 Å². The van der Waals surface area contributed by atoms with E-state index in [2.05, 4.69) is 17.6 Å². The third-order valence-electron chi connectivity index (χ3n) is 9.00. The number of anilines is 1. The molecule has 8 nitrogen and oxygen atoms in total. The van der Waals surface area contributed by atoms with Crippen LogP contribution >= 0.6 is 11.8 Å². The summed E-state index contributed by atoms with van der Waals surface area (Å²) < 4.78 is 4.50. The molecule has 4 fully saturated rings. The Morgan fingerprint density at radius 3 is 2.53 bits per heavy atom. The van der Waals surface area contributed by atoms with Gasteiger partial charge in [-0.1, -0.05) is 19.3 Å². The number of thioether (sulfide) groups is 1. The van der Waals surface area contributed by atoms with Crippen molar-refractivity contribution in [3.63, 3.8) is 0 Å². The number of nitrogens with zero attached hydrogens (tertiary/aromatic N) is 1. The Hall–Kier alpha value is -2.26. The molecular formula is C29H41N3O5S. The number of aliphatic hydroxyl groups is 1. The Kier molecular flexibility index (Phi) is 7.96. The van der Waals surface area contributed by atoms with Crippen LogP contribution in [-0.4, -0.2) is 69.1 Å². The van der Waals surface area contributed by atoms with Crippen LogP contribution in [0.5, 0.6) is 5.75 Å². The number of ether oxygens (including phenoxy) is 1. The minimum absolute atomic E-state index is 0.0511. The lowest BCUT2D eigenvalue weighted by Gasteiger charge is -2.36. The number of rotatable bonds is 10. The van der Waals surface area contributed by atoms with E-state index >= 15 is 0 Å². The van der Waals surface area contributed by atoms with Gasteiger partial charge >= 0.3 is 0 Å². The van der Waals surface area contributed by atoms with Crippen molar-refractivity contribution in [1.82, 2.24) is 10.2 Å². The Balaban J connectivity index is 1.41. The zero-order valence-corrected chi connectivity index (χ0v) is 23.4. The van der Waals surface area contributed by atoms with Gasteiger partial charge in [-0.25, -0.2) is 0 Å². The monoisotopic (exact) mass is 543 g/mol. The van der Waals surface area contributed by atoms with Crippen LogP contribution in [-0.2, 0) is 14.4 Å². The molecule has 1 aromatic carbocycles. The highest BCUT2D eigenvalue weighted by atomic mass is 32.2. The van der Waals surface area contributed by atoms with Crippen LogP contribution in [0, 0.1) is 11.8 Å². The largest absolute Gasteiger partial charge is 0.494 e. The number of aliphatic hydroxyl groups excluding tert-OH is 1. The molecule has 5 atom stereocenters. The number of benzene rings is 1. The van der Waals surface area contributed by atoms with Gasteiger partial charge in [-0.2, -0.15) is 0 Å². The molecule has 3 amide bonds. The minimum atomic E-state index is -0.607. The Morgan fingerprint density at radius 2 is 1.84 bits per heavy atom. The van der Waals surface area contributed by atoms with Crippen LogP contribution in [0.1, 0.15) is 71.6 Å². The number of likely N-dealkylation sites (tertiary alicyclic amines) is 1. The molecule has 1 spiro atoms. The summed E-state index contributed by atoms with van der Waals surface area (Å²) in [5, 5.41) is 15.7. The smallest absolute Gasteiger partial charge is 0.244 e. The van der Waals surface area contributed by atoms with Crippen molar-refractivity contribution < 1.29 is 24.2 Å². The van der Waals surface area contributed by atoms with Gasteiger partial charge in [0.1, 0.15) is 11.8 Å². The van der Waals surface area contributed by atoms with Crippen molar-refractivity contribution in [3.05, 3.63) is 24.3 Å². The minimum Gasteiger partial charge on any atom is -0.494 e. The van der Waals surface area contributed by atoms with E-state index in [0.717, 1.165) is 44.3 Å². The number of nitrogens with one attached hydrogen (secondary N) is 2. The fourth-order valence-corrected chi connectivity index (χ4v) is 9.67. The number of carbonyl (C=O) groups excluding carboxylic acids is 3. The third-order valence-corrected chi connectivity index (χ3v) is 11.0. The first-order chi connectivity index (χ1) is 18.3. The topological polar surface area (TPSA) is 108 Å². The van der Waals surface area contributed by atoms with E-state index in [-0.39, 0.29) is 30.4 Å². The number of hydrogen-bond acceptors (Lipinski definition) is 6. The fraction of sp³-hybridized carbons (Fsp3) is 0.690. The summed E-state index contributed by atoms with van der Waals surface area (Å²) in [6, 6.07) is 6.86. The molecule has 1 aromatic rings. The summed E-state index contributed by atoms with van der Waals surface area (Å²) in [5.74, 6) is -0.634. The summed E-state index contributed by atoms with van der Waals surface area (Å²) in [6.07, 6.45) is 8.13. The van der Waals surface area contributed by atoms with E-state index in [1.165, 1.54) is 6.42 Å². The molecule has 0 radical (unpaired) electrons. The van der Waals surface area contributed by atoms with Gasteiger partial charge in [0.15, 0.2) is 0 Å². The van der Waals surface area contributed by atoms with Crippen LogP contribution in [0.2, 0.25) is 0 Å². The highest BCUT2D eigenvalue weighted by Gasteiger charge is 2.77. The van der Waals surface area contributed by atoms with E-state index in [1.807, 2.05) is 31.2 Å². The SMILES string of the molecule is CCOc1ccc(NC(=O)[C@@H]2[C@H]3C(=O)N(CCCCO)C(C(=O)NC4CCCCC4)C34CC[C@@]2(C)S4)cc1. The second-order valence-corrected chi connectivity index (χ2v) is 13.4. The molecule has 1 aliphatic carbocycles. The zero-order chi connectivity index (χ0) is 26.9. The second-order valence-electron chi connectivity index (χ2n) is 11.5. The number of hydrogen-bond donors (Lipinski definition) is 3. The normalized spacial score (nSPS) is 32.3. The van der Waals surface area contributed by atoms with E-state index in [0.29, 0.717) is 31.7 Å². The molecule has 3 N–H and O–H groups in total. The van der Waals surface area contributed by atoms with Crippen LogP contribution in [0.3, 0.4) is 0 Å². The first kappa shape index (κ1) is 27.3. The van der Waals surface area contributed by atoms with E-state index < -0.39 is 27.4 Å². The van der Waals surface area contributed by atoms with Crippen molar-refractivity contribution in [2.75, 3.05) is 25.1 Å². The molecule has 38 heavy (non-hydrogen) atoms. The Morgan fingerprint density at radius 1 is 1.11 bits per heavy atom. The van der Waals surface area contributed by atoms with Gasteiger partial charge in [-0.3, -0.25) is 14.4 Å². The molecule has 2 unspecified atom stereocenters. The number of carbonyl (C=O) groups is 3. The van der Waals surface area contributed by atoms with Crippen molar-refractivity contribution in [1.29, 1.82) is 0 Å². The number of unbranched alkanes of at least 4 members (excludes halogenated alkanes) is 1. The number of amides is 3. The Labute approximate surface area is 229 Å². The highest BCUT2D eigenvalue weighted by Crippen LogP contribution is 2.71. The quantitative estimate of drug-likeness (QED) is 0.388. The molecule has 0 aromatic heterocycles. The van der Waals surface area contributed by atoms with E-state index in [9.17, 15) is 19.5 Å². The van der Waals surface area contributed by atoms with Gasteiger partial charge in [0.25, 0.3) is 0 Å². The van der Waals surface area contributed by atoms with E-state index in [1.54, 1.807) is 16.7 Å². The predicted octanol–water partition coefficient (Wildman–Crippen LogP) is 3.73. The van der Waals surface area contributed by atoms with Crippen LogP contribution in [0.15, 0.2) is 24.3 Å². The van der Waals surface area contributed by atoms with Crippen LogP contribution < -0.4 is 15.4 Å². The molecule has 3 heterocycles. The predicted molar refractivity (Wildman–Crippen MR) is 148 cm³/mol. The first-order valence-electron chi connectivity index (χ1n) is 14.3. The maximum Gasteiger partial charge on any atom is 0.244 e. The Bertz CT molecular complexity index is 1050. The van der Waals surface area contributed by atoms with Gasteiger partial charge in [-0.15, -0.1) is 11.8 Å². The standard InChI is InChI=1S/C29H41N3O5S/c1-3-37-21-13-11-20(12-14-21)30-25(34)22-23-27(36)32(17-7-8-18-33)24(29(23)16-15-28(22,2)38-29)26(35)31-19-9-5-4-6-10-19/h11-14,19,22-24,33H,3-10,15-18H2,1-2H3,(H,30,34)(H,31,35)/t22-,23-,24?,28+,29?/m0/s1. The summed E-state index contributed by atoms with van der Waals surface area (Å²) >= 11 is 1.70. The molecule has 3 aliphatic heterocycles. The molecule has 208 valence electrons. The molecule has 2 bridgehead atoms. The van der Waals surface area contributed by atoms with E-state index in [4.69, 9.17) is 4.74 Å². The average molecular weight is 544 g/mol. The average Bonchev–Trinajstić information content (AvgIpc) is 3.47. The molecule has 4 aliphatic rings. The molecule has 1 saturated carbocycles. The van der Waals surface area contributed by atoms with Gasteiger partial charge in [0.05, 0.1) is 23.2 Å². The second kappa shape index (κ2) is 11.1. The summed E-state index contributed by atoms with van der Waals surface area (Å²) in [6.45, 7) is 5.06. The van der Waals surface area contributed by atoms with Gasteiger partial charge in [0.2, 0.25) is 17.7 Å². The number of fused-ring (bicyclic) bond motifs is 1. The van der Waals surface area contributed by atoms with Crippen molar-refractivity contribution in [2.45, 2.75) is 93.2 Å². The maximum absolute atomic E-state index is 14.1. The molecule has 3 saturated heterocycles. The lowest BCUT2D eigenvalue weighted by Crippen LogP contribution is -2.55. The van der Waals surface area contributed by atoms with Crippen molar-refractivity contribution in [3.8, 4) is 5.75 Å². The van der Waals surface area contributed by atoms with Crippen molar-refractivity contribution in [2.24, 2.45) is 11.8 Å².